The molecule has 0 aromatic heterocycles. The summed E-state index contributed by atoms with van der Waals surface area (Å²) < 4.78 is 0. The third-order valence-corrected chi connectivity index (χ3v) is 9.86. The fraction of sp³-hybridized carbons (Fsp3) is 0.0698. The second-order valence-electron chi connectivity index (χ2n) is 12.5. The van der Waals surface area contributed by atoms with E-state index in [2.05, 4.69) is 159 Å². The van der Waals surface area contributed by atoms with Crippen LogP contribution in [0.15, 0.2) is 146 Å². The Kier molecular flexibility index (Phi) is 5.05. The maximum Gasteiger partial charge on any atom is 0.0159 e. The third kappa shape index (κ3) is 3.50. The molecule has 7 aromatic rings. The molecule has 7 aromatic carbocycles. The first-order valence-corrected chi connectivity index (χ1v) is 15.2. The van der Waals surface area contributed by atoms with Crippen LogP contribution in [0, 0.1) is 0 Å². The molecule has 0 bridgehead atoms. The monoisotopic (exact) mass is 546 g/mol. The molecule has 0 spiro atoms. The normalized spacial score (nSPS) is 13.5. The molecule has 0 unspecified atom stereocenters. The summed E-state index contributed by atoms with van der Waals surface area (Å²) in [6, 6.07) is 54.0. The molecular weight excluding hydrogens is 516 g/mol. The van der Waals surface area contributed by atoms with E-state index in [1.165, 1.54) is 88.7 Å². The van der Waals surface area contributed by atoms with Crippen molar-refractivity contribution in [2.45, 2.75) is 19.3 Å². The summed E-state index contributed by atoms with van der Waals surface area (Å²) in [5.74, 6) is 0. The van der Waals surface area contributed by atoms with Crippen molar-refractivity contribution >= 4 is 10.8 Å². The van der Waals surface area contributed by atoms with Gasteiger partial charge in [-0.2, -0.15) is 0 Å². The van der Waals surface area contributed by atoms with Gasteiger partial charge in [0.05, 0.1) is 0 Å². The zero-order valence-electron chi connectivity index (χ0n) is 24.4. The SMILES string of the molecule is CC1(C)c2cc(-c3ccc(-c4ccccc4)cc3)ccc2-c2ccc(-c3ccc4c5c(cccc35)-c3ccccc3-4)cc21. The van der Waals surface area contributed by atoms with Gasteiger partial charge in [-0.3, -0.25) is 0 Å². The number of hydrogen-bond acceptors (Lipinski definition) is 0. The predicted molar refractivity (Wildman–Crippen MR) is 182 cm³/mol. The van der Waals surface area contributed by atoms with Crippen molar-refractivity contribution < 1.29 is 0 Å². The highest BCUT2D eigenvalue weighted by atomic mass is 14.4. The topological polar surface area (TPSA) is 0 Å². The zero-order chi connectivity index (χ0) is 28.7. The first kappa shape index (κ1) is 24.4. The van der Waals surface area contributed by atoms with Crippen molar-refractivity contribution in [3.05, 3.63) is 157 Å². The molecule has 0 saturated heterocycles. The fourth-order valence-electron chi connectivity index (χ4n) is 7.63. The molecular formula is C43H30. The summed E-state index contributed by atoms with van der Waals surface area (Å²) in [7, 11) is 0. The highest BCUT2D eigenvalue weighted by Crippen LogP contribution is 2.52. The van der Waals surface area contributed by atoms with Crippen molar-refractivity contribution in [3.8, 4) is 66.8 Å². The lowest BCUT2D eigenvalue weighted by Crippen LogP contribution is -2.15. The van der Waals surface area contributed by atoms with Gasteiger partial charge < -0.3 is 0 Å². The van der Waals surface area contributed by atoms with E-state index in [1.807, 2.05) is 0 Å². The summed E-state index contributed by atoms with van der Waals surface area (Å²) in [6.07, 6.45) is 0. The number of benzene rings is 7. The van der Waals surface area contributed by atoms with E-state index in [0.717, 1.165) is 0 Å². The van der Waals surface area contributed by atoms with Gasteiger partial charge in [-0.1, -0.05) is 147 Å². The number of rotatable bonds is 3. The lowest BCUT2D eigenvalue weighted by atomic mass is 9.80. The van der Waals surface area contributed by atoms with Crippen LogP contribution in [0.25, 0.3) is 77.5 Å². The Hall–Kier alpha value is -5.20. The van der Waals surface area contributed by atoms with Crippen molar-refractivity contribution in [2.75, 3.05) is 0 Å². The summed E-state index contributed by atoms with van der Waals surface area (Å²) in [4.78, 5) is 0. The molecule has 2 aliphatic rings. The van der Waals surface area contributed by atoms with Crippen LogP contribution in [0.3, 0.4) is 0 Å². The van der Waals surface area contributed by atoms with Crippen LogP contribution in [-0.4, -0.2) is 0 Å². The van der Waals surface area contributed by atoms with E-state index in [9.17, 15) is 0 Å². The fourth-order valence-corrected chi connectivity index (χ4v) is 7.63. The zero-order valence-corrected chi connectivity index (χ0v) is 24.4. The Morgan fingerprint density at radius 2 is 0.791 bits per heavy atom. The van der Waals surface area contributed by atoms with Gasteiger partial charge in [-0.15, -0.1) is 0 Å². The van der Waals surface area contributed by atoms with Crippen LogP contribution >= 0.6 is 0 Å². The molecule has 0 aliphatic heterocycles. The maximum atomic E-state index is 2.45. The summed E-state index contributed by atoms with van der Waals surface area (Å²) in [5.41, 5.74) is 18.4. The van der Waals surface area contributed by atoms with E-state index >= 15 is 0 Å². The second-order valence-corrected chi connectivity index (χ2v) is 12.5. The van der Waals surface area contributed by atoms with Crippen molar-refractivity contribution in [1.29, 1.82) is 0 Å². The van der Waals surface area contributed by atoms with Crippen LogP contribution in [0.2, 0.25) is 0 Å². The van der Waals surface area contributed by atoms with Crippen molar-refractivity contribution in [3.63, 3.8) is 0 Å². The average Bonchev–Trinajstić information content (AvgIpc) is 3.51. The van der Waals surface area contributed by atoms with Gasteiger partial charge >= 0.3 is 0 Å². The maximum absolute atomic E-state index is 2.45. The second kappa shape index (κ2) is 8.90. The van der Waals surface area contributed by atoms with E-state index < -0.39 is 0 Å². The Bertz CT molecular complexity index is 2200. The molecule has 0 N–H and O–H groups in total. The minimum Gasteiger partial charge on any atom is -0.0622 e. The lowest BCUT2D eigenvalue weighted by Gasteiger charge is -2.23. The Balaban J connectivity index is 1.12. The molecule has 0 nitrogen and oxygen atoms in total. The van der Waals surface area contributed by atoms with Crippen LogP contribution in [0.1, 0.15) is 25.0 Å². The molecule has 0 saturated carbocycles. The average molecular weight is 547 g/mol. The van der Waals surface area contributed by atoms with Crippen molar-refractivity contribution in [2.24, 2.45) is 0 Å². The quantitative estimate of drug-likeness (QED) is 0.207. The van der Waals surface area contributed by atoms with Gasteiger partial charge in [-0.05, 0) is 101 Å². The van der Waals surface area contributed by atoms with Gasteiger partial charge in [0.2, 0.25) is 0 Å². The summed E-state index contributed by atoms with van der Waals surface area (Å²) in [5, 5.41) is 2.72. The third-order valence-electron chi connectivity index (χ3n) is 9.86. The Labute approximate surface area is 252 Å². The first-order valence-electron chi connectivity index (χ1n) is 15.2. The van der Waals surface area contributed by atoms with Gasteiger partial charge in [0.1, 0.15) is 0 Å². The van der Waals surface area contributed by atoms with E-state index in [0.29, 0.717) is 0 Å². The molecule has 0 heteroatoms. The Morgan fingerprint density at radius 3 is 1.49 bits per heavy atom. The molecule has 43 heavy (non-hydrogen) atoms. The Morgan fingerprint density at radius 1 is 0.326 bits per heavy atom. The largest absolute Gasteiger partial charge is 0.0622 e. The number of fused-ring (bicyclic) bond motifs is 6. The van der Waals surface area contributed by atoms with Crippen molar-refractivity contribution in [1.82, 2.24) is 0 Å². The standard InChI is InChI=1S/C43H30/c1-43(2)40-25-30(29-17-15-28(16-18-29)27-9-4-3-5-10-27)19-21-35(40)36-22-20-31(26-41(36)43)32-23-24-39-34-12-7-6-11-33(34)38-14-8-13-37(32)42(38)39/h3-26H,1-2H3. The minimum absolute atomic E-state index is 0.0915. The molecule has 2 aliphatic carbocycles. The van der Waals surface area contributed by atoms with Gasteiger partial charge in [-0.25, -0.2) is 0 Å². The van der Waals surface area contributed by atoms with Crippen LogP contribution < -0.4 is 0 Å². The highest BCUT2D eigenvalue weighted by Gasteiger charge is 2.36. The number of hydrogen-bond donors (Lipinski definition) is 0. The van der Waals surface area contributed by atoms with E-state index in [1.54, 1.807) is 0 Å². The molecule has 0 heterocycles. The molecule has 202 valence electrons. The van der Waals surface area contributed by atoms with Gasteiger partial charge in [0, 0.05) is 5.41 Å². The van der Waals surface area contributed by atoms with Gasteiger partial charge in [0.25, 0.3) is 0 Å². The van der Waals surface area contributed by atoms with Gasteiger partial charge in [0.15, 0.2) is 0 Å². The van der Waals surface area contributed by atoms with Crippen LogP contribution in [0.5, 0.6) is 0 Å². The molecule has 0 radical (unpaired) electrons. The lowest BCUT2D eigenvalue weighted by molar-refractivity contribution is 0.661. The van der Waals surface area contributed by atoms with Crippen LogP contribution in [-0.2, 0) is 5.41 Å². The minimum atomic E-state index is -0.0915. The van der Waals surface area contributed by atoms with Crippen LogP contribution in [0.4, 0.5) is 0 Å². The van der Waals surface area contributed by atoms with E-state index in [-0.39, 0.29) is 5.41 Å². The molecule has 0 fully saturated rings. The molecule has 0 atom stereocenters. The highest BCUT2D eigenvalue weighted by molar-refractivity contribution is 6.18. The first-order chi connectivity index (χ1) is 21.1. The molecule has 0 amide bonds. The predicted octanol–water partition coefficient (Wildman–Crippen LogP) is 11.8. The molecule has 9 rings (SSSR count). The van der Waals surface area contributed by atoms with E-state index in [4.69, 9.17) is 0 Å². The summed E-state index contributed by atoms with van der Waals surface area (Å²) in [6.45, 7) is 4.77. The smallest absolute Gasteiger partial charge is 0.0159 e. The summed E-state index contributed by atoms with van der Waals surface area (Å²) >= 11 is 0.